The highest BCUT2D eigenvalue weighted by atomic mass is 16.1. The van der Waals surface area contributed by atoms with E-state index < -0.39 is 0 Å². The fourth-order valence-electron chi connectivity index (χ4n) is 3.74. The highest BCUT2D eigenvalue weighted by Crippen LogP contribution is 2.18. The summed E-state index contributed by atoms with van der Waals surface area (Å²) in [4.78, 5) is 34.2. The van der Waals surface area contributed by atoms with Crippen LogP contribution in [0, 0.1) is 0 Å². The molecular formula is C21H19N5O2. The molecule has 4 heterocycles. The van der Waals surface area contributed by atoms with Crippen LogP contribution in [0.4, 0.5) is 5.69 Å². The molecule has 0 spiro atoms. The number of hydrogen-bond donors (Lipinski definition) is 1. The highest BCUT2D eigenvalue weighted by Gasteiger charge is 2.14. The monoisotopic (exact) mass is 373 g/mol. The van der Waals surface area contributed by atoms with E-state index in [1.54, 1.807) is 22.9 Å². The molecule has 0 atom stereocenters. The van der Waals surface area contributed by atoms with Gasteiger partial charge < -0.3 is 5.32 Å². The fraction of sp³-hybridized carbons (Fsp3) is 0.238. The van der Waals surface area contributed by atoms with Crippen molar-refractivity contribution in [3.63, 3.8) is 0 Å². The van der Waals surface area contributed by atoms with Gasteiger partial charge >= 0.3 is 0 Å². The van der Waals surface area contributed by atoms with Gasteiger partial charge in [-0.1, -0.05) is 6.07 Å². The smallest absolute Gasteiger partial charge is 0.261 e. The summed E-state index contributed by atoms with van der Waals surface area (Å²) in [5.74, 6) is 0.880. The number of aryl methyl sites for hydroxylation is 1. The van der Waals surface area contributed by atoms with Crippen molar-refractivity contribution in [2.75, 3.05) is 5.32 Å². The number of rotatable bonds is 3. The molecule has 7 heteroatoms. The lowest BCUT2D eigenvalue weighted by molar-refractivity contribution is 0.501. The second kappa shape index (κ2) is 6.60. The molecule has 28 heavy (non-hydrogen) atoms. The minimum atomic E-state index is -0.116. The van der Waals surface area contributed by atoms with Gasteiger partial charge in [-0.25, -0.2) is 9.97 Å². The third-order valence-corrected chi connectivity index (χ3v) is 5.16. The Morgan fingerprint density at radius 2 is 1.96 bits per heavy atom. The van der Waals surface area contributed by atoms with E-state index in [0.717, 1.165) is 42.8 Å². The van der Waals surface area contributed by atoms with Crippen LogP contribution in [0.25, 0.3) is 16.6 Å². The Balaban J connectivity index is 1.46. The van der Waals surface area contributed by atoms with Gasteiger partial charge in [-0.05, 0) is 43.2 Å². The standard InChI is InChI=1S/C21H19N5O2/c27-20-12-15(23-18-5-1-3-9-25(18)20)13-22-14-7-8-17-16(11-14)21(28)26-10-4-2-6-19(26)24-17/h1,3,5,7-9,11-12,22H,2,4,6,10,13H2. The number of fused-ring (bicyclic) bond motifs is 3. The molecule has 1 aliphatic heterocycles. The molecule has 1 aliphatic rings. The Kier molecular flexibility index (Phi) is 3.93. The van der Waals surface area contributed by atoms with E-state index in [9.17, 15) is 9.59 Å². The first kappa shape index (κ1) is 16.7. The quantitative estimate of drug-likeness (QED) is 0.596. The van der Waals surface area contributed by atoms with Crippen LogP contribution >= 0.6 is 0 Å². The van der Waals surface area contributed by atoms with Crippen molar-refractivity contribution in [2.45, 2.75) is 32.4 Å². The normalized spacial score (nSPS) is 13.6. The molecule has 0 saturated heterocycles. The molecule has 0 fully saturated rings. The zero-order valence-corrected chi connectivity index (χ0v) is 15.3. The maximum Gasteiger partial charge on any atom is 0.261 e. The average molecular weight is 373 g/mol. The minimum Gasteiger partial charge on any atom is -0.379 e. The second-order valence-corrected chi connectivity index (χ2v) is 7.04. The van der Waals surface area contributed by atoms with Crippen molar-refractivity contribution in [2.24, 2.45) is 0 Å². The molecule has 0 saturated carbocycles. The second-order valence-electron chi connectivity index (χ2n) is 7.04. The number of aromatic nitrogens is 4. The summed E-state index contributed by atoms with van der Waals surface area (Å²) in [6.07, 6.45) is 4.65. The Morgan fingerprint density at radius 1 is 1.04 bits per heavy atom. The predicted molar refractivity (Wildman–Crippen MR) is 108 cm³/mol. The van der Waals surface area contributed by atoms with Crippen molar-refractivity contribution < 1.29 is 0 Å². The Bertz CT molecular complexity index is 1320. The van der Waals surface area contributed by atoms with E-state index in [-0.39, 0.29) is 11.1 Å². The van der Waals surface area contributed by atoms with Crippen LogP contribution in [-0.2, 0) is 19.5 Å². The average Bonchev–Trinajstić information content (AvgIpc) is 2.73. The van der Waals surface area contributed by atoms with E-state index in [1.165, 1.54) is 10.5 Å². The number of nitrogens with one attached hydrogen (secondary N) is 1. The predicted octanol–water partition coefficient (Wildman–Crippen LogP) is 2.35. The van der Waals surface area contributed by atoms with Crippen molar-refractivity contribution in [1.29, 1.82) is 0 Å². The number of pyridine rings is 1. The maximum atomic E-state index is 12.8. The van der Waals surface area contributed by atoms with Crippen LogP contribution in [0.15, 0.2) is 58.3 Å². The summed E-state index contributed by atoms with van der Waals surface area (Å²) in [6.45, 7) is 1.13. The molecule has 0 aliphatic carbocycles. The third-order valence-electron chi connectivity index (χ3n) is 5.16. The molecular weight excluding hydrogens is 354 g/mol. The van der Waals surface area contributed by atoms with Gasteiger partial charge in [-0.2, -0.15) is 0 Å². The Labute approximate surface area is 160 Å². The van der Waals surface area contributed by atoms with Crippen LogP contribution in [0.2, 0.25) is 0 Å². The lowest BCUT2D eigenvalue weighted by Crippen LogP contribution is -2.28. The van der Waals surface area contributed by atoms with Crippen LogP contribution in [0.1, 0.15) is 24.4 Å². The van der Waals surface area contributed by atoms with Gasteiger partial charge in [-0.3, -0.25) is 18.6 Å². The number of benzene rings is 1. The zero-order chi connectivity index (χ0) is 19.1. The molecule has 0 amide bonds. The number of hydrogen-bond acceptors (Lipinski definition) is 5. The Morgan fingerprint density at radius 3 is 2.89 bits per heavy atom. The van der Waals surface area contributed by atoms with Gasteiger partial charge in [0.1, 0.15) is 11.5 Å². The highest BCUT2D eigenvalue weighted by molar-refractivity contribution is 5.81. The first-order chi connectivity index (χ1) is 13.7. The van der Waals surface area contributed by atoms with E-state index in [0.29, 0.717) is 23.3 Å². The first-order valence-electron chi connectivity index (χ1n) is 9.44. The summed E-state index contributed by atoms with van der Waals surface area (Å²) in [7, 11) is 0. The molecule has 1 N–H and O–H groups in total. The van der Waals surface area contributed by atoms with E-state index in [2.05, 4.69) is 15.3 Å². The first-order valence-corrected chi connectivity index (χ1v) is 9.44. The lowest BCUT2D eigenvalue weighted by Gasteiger charge is -2.18. The fourth-order valence-corrected chi connectivity index (χ4v) is 3.74. The molecule has 140 valence electrons. The summed E-state index contributed by atoms with van der Waals surface area (Å²) in [5.41, 5.74) is 2.69. The van der Waals surface area contributed by atoms with Gasteiger partial charge in [0.05, 0.1) is 23.1 Å². The maximum absolute atomic E-state index is 12.8. The van der Waals surface area contributed by atoms with Crippen molar-refractivity contribution in [3.05, 3.63) is 80.9 Å². The van der Waals surface area contributed by atoms with Crippen LogP contribution in [0.3, 0.4) is 0 Å². The Hall–Kier alpha value is -3.48. The largest absolute Gasteiger partial charge is 0.379 e. The SMILES string of the molecule is O=c1c2cc(NCc3cc(=O)n4ccccc4n3)ccc2nc2n1CCCC2. The van der Waals surface area contributed by atoms with Gasteiger partial charge in [0.25, 0.3) is 11.1 Å². The van der Waals surface area contributed by atoms with Crippen LogP contribution < -0.4 is 16.4 Å². The summed E-state index contributed by atoms with van der Waals surface area (Å²) in [6, 6.07) is 12.6. The van der Waals surface area contributed by atoms with Crippen molar-refractivity contribution in [3.8, 4) is 0 Å². The lowest BCUT2D eigenvalue weighted by atomic mass is 10.1. The molecule has 7 nitrogen and oxygen atoms in total. The van der Waals surface area contributed by atoms with Gasteiger partial charge in [0.2, 0.25) is 0 Å². The van der Waals surface area contributed by atoms with Crippen LogP contribution in [0.5, 0.6) is 0 Å². The van der Waals surface area contributed by atoms with Crippen molar-refractivity contribution >= 4 is 22.2 Å². The van der Waals surface area contributed by atoms with Gasteiger partial charge in [-0.15, -0.1) is 0 Å². The molecule has 4 aromatic rings. The van der Waals surface area contributed by atoms with Gasteiger partial charge in [0, 0.05) is 30.9 Å². The van der Waals surface area contributed by atoms with Crippen LogP contribution in [-0.4, -0.2) is 18.9 Å². The molecule has 3 aromatic heterocycles. The number of anilines is 1. The summed E-state index contributed by atoms with van der Waals surface area (Å²) < 4.78 is 3.30. The number of nitrogens with zero attached hydrogens (tertiary/aromatic N) is 4. The molecule has 1 aromatic carbocycles. The topological polar surface area (TPSA) is 81.3 Å². The summed E-state index contributed by atoms with van der Waals surface area (Å²) in [5, 5.41) is 3.88. The zero-order valence-electron chi connectivity index (χ0n) is 15.3. The minimum absolute atomic E-state index is 0.0189. The van der Waals surface area contributed by atoms with E-state index >= 15 is 0 Å². The molecule has 5 rings (SSSR count). The molecule has 0 unspecified atom stereocenters. The van der Waals surface area contributed by atoms with Gasteiger partial charge in [0.15, 0.2) is 0 Å². The molecule has 0 bridgehead atoms. The van der Waals surface area contributed by atoms with E-state index in [1.807, 2.05) is 24.3 Å². The summed E-state index contributed by atoms with van der Waals surface area (Å²) >= 11 is 0. The van der Waals surface area contributed by atoms with Crippen molar-refractivity contribution in [1.82, 2.24) is 18.9 Å². The third kappa shape index (κ3) is 2.85. The molecule has 0 radical (unpaired) electrons. The van der Waals surface area contributed by atoms with E-state index in [4.69, 9.17) is 0 Å².